The molecular formula is C28H27NO4. The van der Waals surface area contributed by atoms with E-state index in [1.165, 1.54) is 0 Å². The van der Waals surface area contributed by atoms with Gasteiger partial charge in [0.15, 0.2) is 0 Å². The van der Waals surface area contributed by atoms with Gasteiger partial charge in [0.05, 0.1) is 11.6 Å². The highest BCUT2D eigenvalue weighted by molar-refractivity contribution is 6.46. The molecule has 1 unspecified atom stereocenters. The average molecular weight is 442 g/mol. The van der Waals surface area contributed by atoms with Crippen molar-refractivity contribution in [2.75, 3.05) is 13.2 Å². The second-order valence-corrected chi connectivity index (χ2v) is 8.04. The van der Waals surface area contributed by atoms with Crippen molar-refractivity contribution in [1.82, 2.24) is 4.90 Å². The molecule has 0 aliphatic carbocycles. The highest BCUT2D eigenvalue weighted by Gasteiger charge is 2.46. The predicted octanol–water partition coefficient (Wildman–Crippen LogP) is 5.63. The summed E-state index contributed by atoms with van der Waals surface area (Å²) in [6, 6.07) is 19.8. The zero-order valence-electron chi connectivity index (χ0n) is 18.7. The van der Waals surface area contributed by atoms with Crippen LogP contribution < -0.4 is 4.74 Å². The summed E-state index contributed by atoms with van der Waals surface area (Å²) in [5.74, 6) is -0.809. The Morgan fingerprint density at radius 3 is 2.64 bits per heavy atom. The number of carbonyl (C=O) groups excluding carboxylic acids is 2. The largest absolute Gasteiger partial charge is 0.507 e. The van der Waals surface area contributed by atoms with E-state index in [9.17, 15) is 14.7 Å². The SMILES string of the molecule is C=CCOc1cccc(C2/C(=C(/O)c3cccc4ccccc34)C(=O)C(=O)N2CCCC)c1. The van der Waals surface area contributed by atoms with E-state index >= 15 is 0 Å². The zero-order chi connectivity index (χ0) is 23.4. The van der Waals surface area contributed by atoms with Gasteiger partial charge < -0.3 is 14.7 Å². The first kappa shape index (κ1) is 22.3. The molecule has 0 aromatic heterocycles. The van der Waals surface area contributed by atoms with Crippen LogP contribution >= 0.6 is 0 Å². The lowest BCUT2D eigenvalue weighted by atomic mass is 9.93. The second kappa shape index (κ2) is 9.74. The number of carbonyl (C=O) groups is 2. The molecule has 3 aromatic carbocycles. The van der Waals surface area contributed by atoms with E-state index in [0.29, 0.717) is 30.0 Å². The van der Waals surface area contributed by atoms with Crippen molar-refractivity contribution >= 4 is 28.2 Å². The maximum Gasteiger partial charge on any atom is 0.295 e. The first-order valence-electron chi connectivity index (χ1n) is 11.2. The van der Waals surface area contributed by atoms with E-state index in [1.807, 2.05) is 67.6 Å². The van der Waals surface area contributed by atoms with E-state index in [-0.39, 0.29) is 11.3 Å². The van der Waals surface area contributed by atoms with Gasteiger partial charge in [-0.1, -0.05) is 80.6 Å². The van der Waals surface area contributed by atoms with Crippen molar-refractivity contribution in [2.24, 2.45) is 0 Å². The fourth-order valence-corrected chi connectivity index (χ4v) is 4.29. The molecule has 1 fully saturated rings. The maximum atomic E-state index is 13.2. The lowest BCUT2D eigenvalue weighted by molar-refractivity contribution is -0.139. The Balaban J connectivity index is 1.90. The number of hydrogen-bond acceptors (Lipinski definition) is 4. The van der Waals surface area contributed by atoms with Crippen LogP contribution in [-0.4, -0.2) is 34.8 Å². The summed E-state index contributed by atoms with van der Waals surface area (Å²) in [5.41, 5.74) is 1.35. The molecule has 1 N–H and O–H groups in total. The van der Waals surface area contributed by atoms with Crippen LogP contribution in [0.1, 0.15) is 36.9 Å². The Morgan fingerprint density at radius 2 is 1.85 bits per heavy atom. The quantitative estimate of drug-likeness (QED) is 0.213. The van der Waals surface area contributed by atoms with Gasteiger partial charge in [0, 0.05) is 12.1 Å². The zero-order valence-corrected chi connectivity index (χ0v) is 18.7. The minimum Gasteiger partial charge on any atom is -0.507 e. The summed E-state index contributed by atoms with van der Waals surface area (Å²) in [4.78, 5) is 27.8. The van der Waals surface area contributed by atoms with Gasteiger partial charge in [-0.25, -0.2) is 0 Å². The van der Waals surface area contributed by atoms with E-state index in [2.05, 4.69) is 6.58 Å². The summed E-state index contributed by atoms with van der Waals surface area (Å²) in [7, 11) is 0. The smallest absolute Gasteiger partial charge is 0.295 e. The third kappa shape index (κ3) is 4.27. The lowest BCUT2D eigenvalue weighted by Crippen LogP contribution is -2.30. The molecule has 5 heteroatoms. The highest BCUT2D eigenvalue weighted by atomic mass is 16.5. The molecule has 5 nitrogen and oxygen atoms in total. The monoisotopic (exact) mass is 441 g/mol. The Hall–Kier alpha value is -3.86. The molecule has 0 saturated carbocycles. The van der Waals surface area contributed by atoms with Crippen molar-refractivity contribution in [3.63, 3.8) is 0 Å². The Labute approximate surface area is 193 Å². The third-order valence-electron chi connectivity index (χ3n) is 5.88. The van der Waals surface area contributed by atoms with Crippen LogP contribution in [0.3, 0.4) is 0 Å². The Bertz CT molecular complexity index is 1240. The first-order valence-corrected chi connectivity index (χ1v) is 11.2. The number of amides is 1. The number of Topliss-reactive ketones (excluding diaryl/α,β-unsaturated/α-hetero) is 1. The number of unbranched alkanes of at least 4 members (excludes halogenated alkanes) is 1. The van der Waals surface area contributed by atoms with Gasteiger partial charge in [-0.2, -0.15) is 0 Å². The summed E-state index contributed by atoms with van der Waals surface area (Å²) in [6.07, 6.45) is 3.28. The number of aliphatic hydroxyl groups excluding tert-OH is 1. The predicted molar refractivity (Wildman–Crippen MR) is 130 cm³/mol. The molecule has 0 radical (unpaired) electrons. The van der Waals surface area contributed by atoms with Crippen LogP contribution in [0, 0.1) is 0 Å². The third-order valence-corrected chi connectivity index (χ3v) is 5.88. The molecule has 1 saturated heterocycles. The molecule has 1 aliphatic rings. The summed E-state index contributed by atoms with van der Waals surface area (Å²) in [5, 5.41) is 13.2. The number of rotatable bonds is 8. The molecule has 1 atom stereocenters. The van der Waals surface area contributed by atoms with Crippen LogP contribution in [0.15, 0.2) is 85.0 Å². The molecule has 3 aromatic rings. The molecule has 1 aliphatic heterocycles. The van der Waals surface area contributed by atoms with Gasteiger partial charge in [0.25, 0.3) is 11.7 Å². The summed E-state index contributed by atoms with van der Waals surface area (Å²) >= 11 is 0. The number of ether oxygens (including phenoxy) is 1. The van der Waals surface area contributed by atoms with Gasteiger partial charge in [-0.05, 0) is 34.9 Å². The minimum absolute atomic E-state index is 0.105. The molecule has 1 heterocycles. The second-order valence-electron chi connectivity index (χ2n) is 8.04. The van der Waals surface area contributed by atoms with Crippen LogP contribution in [-0.2, 0) is 9.59 Å². The maximum absolute atomic E-state index is 13.2. The van der Waals surface area contributed by atoms with Crippen molar-refractivity contribution in [2.45, 2.75) is 25.8 Å². The number of fused-ring (bicyclic) bond motifs is 1. The van der Waals surface area contributed by atoms with Gasteiger partial charge in [-0.15, -0.1) is 0 Å². The molecule has 33 heavy (non-hydrogen) atoms. The van der Waals surface area contributed by atoms with Crippen LogP contribution in [0.2, 0.25) is 0 Å². The number of hydrogen-bond donors (Lipinski definition) is 1. The van der Waals surface area contributed by atoms with E-state index in [0.717, 1.165) is 23.6 Å². The van der Waals surface area contributed by atoms with Crippen molar-refractivity contribution in [1.29, 1.82) is 0 Å². The Kier molecular flexibility index (Phi) is 6.59. The van der Waals surface area contributed by atoms with Gasteiger partial charge in [0.1, 0.15) is 18.1 Å². The topological polar surface area (TPSA) is 66.8 Å². The standard InChI is InChI=1S/C28H27NO4/c1-3-5-16-29-25(20-12-8-13-21(18-20)33-17-4-2)24(27(31)28(29)32)26(30)23-15-9-11-19-10-6-7-14-22(19)23/h4,6-15,18,25,30H,2-3,5,16-17H2,1H3/b26-24-. The van der Waals surface area contributed by atoms with Gasteiger partial charge in [0.2, 0.25) is 0 Å². The van der Waals surface area contributed by atoms with E-state index in [1.54, 1.807) is 17.0 Å². The van der Waals surface area contributed by atoms with E-state index < -0.39 is 17.7 Å². The van der Waals surface area contributed by atoms with Crippen LogP contribution in [0.25, 0.3) is 16.5 Å². The summed E-state index contributed by atoms with van der Waals surface area (Å²) in [6.45, 7) is 6.47. The molecule has 168 valence electrons. The average Bonchev–Trinajstić information content (AvgIpc) is 3.10. The van der Waals surface area contributed by atoms with Crippen molar-refractivity contribution in [3.05, 3.63) is 96.1 Å². The minimum atomic E-state index is -0.692. The fourth-order valence-electron chi connectivity index (χ4n) is 4.29. The summed E-state index contributed by atoms with van der Waals surface area (Å²) < 4.78 is 5.68. The molecule has 0 bridgehead atoms. The van der Waals surface area contributed by atoms with Gasteiger partial charge in [-0.3, -0.25) is 9.59 Å². The fraction of sp³-hybridized carbons (Fsp3) is 0.214. The molecule has 4 rings (SSSR count). The van der Waals surface area contributed by atoms with Crippen LogP contribution in [0.5, 0.6) is 5.75 Å². The molecule has 1 amide bonds. The van der Waals surface area contributed by atoms with Crippen molar-refractivity contribution < 1.29 is 19.4 Å². The highest BCUT2D eigenvalue weighted by Crippen LogP contribution is 2.41. The van der Waals surface area contributed by atoms with Gasteiger partial charge >= 0.3 is 0 Å². The normalized spacial score (nSPS) is 17.5. The van der Waals surface area contributed by atoms with Crippen molar-refractivity contribution in [3.8, 4) is 5.75 Å². The van der Waals surface area contributed by atoms with Crippen LogP contribution in [0.4, 0.5) is 0 Å². The Morgan fingerprint density at radius 1 is 1.09 bits per heavy atom. The number of nitrogens with zero attached hydrogens (tertiary/aromatic N) is 1. The van der Waals surface area contributed by atoms with E-state index in [4.69, 9.17) is 4.74 Å². The molecule has 0 spiro atoms. The molecular weight excluding hydrogens is 414 g/mol. The number of benzene rings is 3. The number of likely N-dealkylation sites (tertiary alicyclic amines) is 1. The number of aliphatic hydroxyl groups is 1. The number of ketones is 1. The first-order chi connectivity index (χ1) is 16.1. The lowest BCUT2D eigenvalue weighted by Gasteiger charge is -2.25.